The summed E-state index contributed by atoms with van der Waals surface area (Å²) in [5.41, 5.74) is 11.1. The van der Waals surface area contributed by atoms with Gasteiger partial charge in [-0.1, -0.05) is 17.7 Å². The van der Waals surface area contributed by atoms with Crippen molar-refractivity contribution in [3.05, 3.63) is 46.6 Å². The lowest BCUT2D eigenvalue weighted by Gasteiger charge is -2.30. The van der Waals surface area contributed by atoms with Gasteiger partial charge in [-0.2, -0.15) is 0 Å². The molecule has 2 aromatic heterocycles. The summed E-state index contributed by atoms with van der Waals surface area (Å²) in [4.78, 5) is 8.17. The first-order valence-corrected chi connectivity index (χ1v) is 8.17. The molecule has 21 heavy (non-hydrogen) atoms. The second-order valence-electron chi connectivity index (χ2n) is 5.53. The Hall–Kier alpha value is -1.85. The fourth-order valence-electron chi connectivity index (χ4n) is 3.17. The molecule has 2 N–H and O–H groups in total. The number of nitrogens with zero attached hydrogens (tertiary/aromatic N) is 3. The fourth-order valence-corrected chi connectivity index (χ4v) is 3.90. The summed E-state index contributed by atoms with van der Waals surface area (Å²) >= 11 is 1.66. The van der Waals surface area contributed by atoms with Crippen molar-refractivity contribution in [3.8, 4) is 0 Å². The average Bonchev–Trinajstić information content (AvgIpc) is 3.06. The Kier molecular flexibility index (Phi) is 2.97. The monoisotopic (exact) mass is 298 g/mol. The molecule has 3 heterocycles. The molecular formula is C16H18N4S. The third-order valence-corrected chi connectivity index (χ3v) is 4.90. The number of nitrogens with two attached hydrogens (primary N) is 1. The van der Waals surface area contributed by atoms with Crippen LogP contribution in [-0.2, 0) is 13.0 Å². The number of anilines is 2. The summed E-state index contributed by atoms with van der Waals surface area (Å²) in [7, 11) is 0. The SMILES string of the molecule is Cc1ccc2c(c1)CCCN2c1nc2sccn2c1CN. The van der Waals surface area contributed by atoms with Gasteiger partial charge in [-0.05, 0) is 31.4 Å². The topological polar surface area (TPSA) is 46.6 Å². The Bertz CT molecular complexity index is 802. The molecule has 4 rings (SSSR count). The molecule has 4 nitrogen and oxygen atoms in total. The Balaban J connectivity index is 1.88. The van der Waals surface area contributed by atoms with Crippen LogP contribution < -0.4 is 10.6 Å². The van der Waals surface area contributed by atoms with Gasteiger partial charge in [0.15, 0.2) is 10.8 Å². The number of thiazole rings is 1. The standard InChI is InChI=1S/C16H18N4S/c1-11-4-5-13-12(9-11)3-2-6-19(13)15-14(10-17)20-7-8-21-16(20)18-15/h4-5,7-9H,2-3,6,10,17H2,1H3. The summed E-state index contributed by atoms with van der Waals surface area (Å²) in [6, 6.07) is 6.69. The number of aryl methyl sites for hydroxylation is 2. The number of aromatic nitrogens is 2. The number of imidazole rings is 1. The van der Waals surface area contributed by atoms with E-state index in [1.807, 2.05) is 0 Å². The molecule has 0 amide bonds. The number of hydrogen-bond donors (Lipinski definition) is 1. The van der Waals surface area contributed by atoms with Gasteiger partial charge in [0.05, 0.1) is 5.69 Å². The molecule has 0 atom stereocenters. The lowest BCUT2D eigenvalue weighted by molar-refractivity contribution is 0.755. The van der Waals surface area contributed by atoms with Gasteiger partial charge in [0.1, 0.15) is 0 Å². The van der Waals surface area contributed by atoms with Gasteiger partial charge in [0, 0.05) is 30.4 Å². The molecule has 0 aliphatic carbocycles. The molecule has 0 fully saturated rings. The minimum absolute atomic E-state index is 0.505. The van der Waals surface area contributed by atoms with E-state index in [0.29, 0.717) is 6.54 Å². The average molecular weight is 298 g/mol. The zero-order valence-corrected chi connectivity index (χ0v) is 12.9. The summed E-state index contributed by atoms with van der Waals surface area (Å²) in [5, 5.41) is 2.05. The van der Waals surface area contributed by atoms with Gasteiger partial charge >= 0.3 is 0 Å². The highest BCUT2D eigenvalue weighted by Crippen LogP contribution is 2.36. The van der Waals surface area contributed by atoms with Crippen molar-refractivity contribution in [2.24, 2.45) is 5.73 Å². The first-order valence-electron chi connectivity index (χ1n) is 7.29. The minimum Gasteiger partial charge on any atom is -0.325 e. The van der Waals surface area contributed by atoms with E-state index in [-0.39, 0.29) is 0 Å². The molecule has 3 aromatic rings. The van der Waals surface area contributed by atoms with Crippen LogP contribution in [-0.4, -0.2) is 15.9 Å². The number of hydrogen-bond acceptors (Lipinski definition) is 4. The molecule has 5 heteroatoms. The van der Waals surface area contributed by atoms with E-state index < -0.39 is 0 Å². The van der Waals surface area contributed by atoms with Gasteiger partial charge in [-0.3, -0.25) is 4.40 Å². The van der Waals surface area contributed by atoms with Crippen LogP contribution in [0.3, 0.4) is 0 Å². The van der Waals surface area contributed by atoms with E-state index >= 15 is 0 Å². The lowest BCUT2D eigenvalue weighted by Crippen LogP contribution is -2.26. The third kappa shape index (κ3) is 1.96. The van der Waals surface area contributed by atoms with E-state index in [1.165, 1.54) is 16.8 Å². The summed E-state index contributed by atoms with van der Waals surface area (Å²) < 4.78 is 2.11. The van der Waals surface area contributed by atoms with Gasteiger partial charge in [0.2, 0.25) is 0 Å². The molecule has 108 valence electrons. The van der Waals surface area contributed by atoms with Crippen LogP contribution >= 0.6 is 11.3 Å². The van der Waals surface area contributed by atoms with E-state index in [9.17, 15) is 0 Å². The number of benzene rings is 1. The van der Waals surface area contributed by atoms with E-state index in [0.717, 1.165) is 35.9 Å². The van der Waals surface area contributed by atoms with Crippen molar-refractivity contribution in [1.29, 1.82) is 0 Å². The van der Waals surface area contributed by atoms with Gasteiger partial charge in [0.25, 0.3) is 0 Å². The molecule has 1 aliphatic heterocycles. The van der Waals surface area contributed by atoms with Crippen molar-refractivity contribution < 1.29 is 0 Å². The largest absolute Gasteiger partial charge is 0.325 e. The van der Waals surface area contributed by atoms with Crippen molar-refractivity contribution in [2.75, 3.05) is 11.4 Å². The van der Waals surface area contributed by atoms with Crippen LogP contribution in [0.15, 0.2) is 29.8 Å². The maximum Gasteiger partial charge on any atom is 0.195 e. The lowest BCUT2D eigenvalue weighted by atomic mass is 9.99. The zero-order chi connectivity index (χ0) is 14.4. The Labute approximate surface area is 127 Å². The molecule has 0 saturated carbocycles. The van der Waals surface area contributed by atoms with Gasteiger partial charge < -0.3 is 10.6 Å². The number of fused-ring (bicyclic) bond motifs is 2. The Morgan fingerprint density at radius 1 is 1.38 bits per heavy atom. The first-order chi connectivity index (χ1) is 10.3. The Morgan fingerprint density at radius 3 is 3.14 bits per heavy atom. The molecular weight excluding hydrogens is 280 g/mol. The van der Waals surface area contributed by atoms with Crippen LogP contribution in [0.5, 0.6) is 0 Å². The second-order valence-corrected chi connectivity index (χ2v) is 6.40. The normalized spacial score (nSPS) is 14.7. The maximum atomic E-state index is 5.99. The van der Waals surface area contributed by atoms with Crippen LogP contribution in [0.2, 0.25) is 0 Å². The van der Waals surface area contributed by atoms with E-state index in [2.05, 4.69) is 46.0 Å². The van der Waals surface area contributed by atoms with E-state index in [1.54, 1.807) is 11.3 Å². The van der Waals surface area contributed by atoms with Gasteiger partial charge in [-0.25, -0.2) is 4.98 Å². The fraction of sp³-hybridized carbons (Fsp3) is 0.312. The highest BCUT2D eigenvalue weighted by atomic mass is 32.1. The highest BCUT2D eigenvalue weighted by molar-refractivity contribution is 7.15. The van der Waals surface area contributed by atoms with Crippen LogP contribution in [0.4, 0.5) is 11.5 Å². The Morgan fingerprint density at radius 2 is 2.29 bits per heavy atom. The molecule has 1 aliphatic rings. The molecule has 0 radical (unpaired) electrons. The summed E-state index contributed by atoms with van der Waals surface area (Å²) in [6.45, 7) is 3.66. The molecule has 0 saturated heterocycles. The van der Waals surface area contributed by atoms with Gasteiger partial charge in [-0.15, -0.1) is 11.3 Å². The van der Waals surface area contributed by atoms with Crippen LogP contribution in [0, 0.1) is 6.92 Å². The first kappa shape index (κ1) is 12.9. The van der Waals surface area contributed by atoms with Crippen LogP contribution in [0.1, 0.15) is 23.2 Å². The third-order valence-electron chi connectivity index (χ3n) is 4.14. The van der Waals surface area contributed by atoms with Crippen molar-refractivity contribution >= 4 is 27.8 Å². The molecule has 1 aromatic carbocycles. The molecule has 0 spiro atoms. The maximum absolute atomic E-state index is 5.99. The predicted octanol–water partition coefficient (Wildman–Crippen LogP) is 3.25. The van der Waals surface area contributed by atoms with Crippen molar-refractivity contribution in [2.45, 2.75) is 26.3 Å². The second kappa shape index (κ2) is 4.86. The quantitative estimate of drug-likeness (QED) is 0.790. The van der Waals surface area contributed by atoms with Crippen LogP contribution in [0.25, 0.3) is 4.96 Å². The zero-order valence-electron chi connectivity index (χ0n) is 12.0. The molecule has 0 bridgehead atoms. The van der Waals surface area contributed by atoms with E-state index in [4.69, 9.17) is 10.7 Å². The van der Waals surface area contributed by atoms with Crippen molar-refractivity contribution in [3.63, 3.8) is 0 Å². The highest BCUT2D eigenvalue weighted by Gasteiger charge is 2.24. The number of rotatable bonds is 2. The smallest absolute Gasteiger partial charge is 0.195 e. The predicted molar refractivity (Wildman–Crippen MR) is 87.5 cm³/mol. The summed E-state index contributed by atoms with van der Waals surface area (Å²) in [5.74, 6) is 1.02. The summed E-state index contributed by atoms with van der Waals surface area (Å²) in [6.07, 6.45) is 4.36. The van der Waals surface area contributed by atoms with Crippen molar-refractivity contribution in [1.82, 2.24) is 9.38 Å². The minimum atomic E-state index is 0.505. The molecule has 0 unspecified atom stereocenters.